The summed E-state index contributed by atoms with van der Waals surface area (Å²) in [4.78, 5) is 2.41. The lowest BCUT2D eigenvalue weighted by molar-refractivity contribution is 0.147. The normalized spacial score (nSPS) is 11.4. The van der Waals surface area contributed by atoms with E-state index in [1.165, 1.54) is 6.07 Å². The first kappa shape index (κ1) is 12.6. The number of hydrogen-bond acceptors (Lipinski definition) is 5. The minimum atomic E-state index is -4.41. The maximum absolute atomic E-state index is 12.6. The highest BCUT2D eigenvalue weighted by molar-refractivity contribution is 8.13. The molecule has 0 atom stereocenters. The van der Waals surface area contributed by atoms with Gasteiger partial charge in [-0.15, -0.1) is 0 Å². The molecule has 1 aromatic rings. The lowest BCUT2D eigenvalue weighted by Gasteiger charge is -2.07. The van der Waals surface area contributed by atoms with E-state index in [4.69, 9.17) is 21.7 Å². The smallest absolute Gasteiger partial charge is 0.267 e. The van der Waals surface area contributed by atoms with Crippen LogP contribution in [-0.2, 0) is 9.05 Å². The number of nitrogens with two attached hydrogens (primary N) is 1. The number of aromatic nitrogens is 1. The Hall–Kier alpha value is -1.46. The van der Waals surface area contributed by atoms with Crippen LogP contribution in [0.15, 0.2) is 11.0 Å². The van der Waals surface area contributed by atoms with Gasteiger partial charge in [0.05, 0.1) is 10.5 Å². The van der Waals surface area contributed by atoms with Crippen LogP contribution in [0.3, 0.4) is 0 Å². The van der Waals surface area contributed by atoms with E-state index in [0.29, 0.717) is 6.07 Å². The van der Waals surface area contributed by atoms with Crippen LogP contribution in [0.5, 0.6) is 0 Å². The first-order valence-electron chi connectivity index (χ1n) is 3.70. The summed E-state index contributed by atoms with van der Waals surface area (Å²) in [5.74, 6) is -0.375. The minimum absolute atomic E-state index is 0.375. The minimum Gasteiger partial charge on any atom is -0.384 e. The van der Waals surface area contributed by atoms with Crippen molar-refractivity contribution in [3.05, 3.63) is 17.3 Å². The van der Waals surface area contributed by atoms with Crippen molar-refractivity contribution < 1.29 is 17.2 Å². The quantitative estimate of drug-likeness (QED) is 0.817. The predicted octanol–water partition coefficient (Wildman–Crippen LogP) is 1.40. The van der Waals surface area contributed by atoms with Crippen molar-refractivity contribution >= 4 is 25.6 Å². The fourth-order valence-electron chi connectivity index (χ4n) is 1.05. The number of hydrogen-bond donors (Lipinski definition) is 1. The summed E-state index contributed by atoms with van der Waals surface area (Å²) in [7, 11) is 0.542. The van der Waals surface area contributed by atoms with Crippen LogP contribution < -0.4 is 5.73 Å². The molecule has 0 unspecified atom stereocenters. The standard InChI is InChI=1S/C7H4ClF2N3O2S/c8-16(14,15)4-1-5(12)13-3(2-11)6(4)7(9)10/h1,7H,(H2,12,13). The molecule has 86 valence electrons. The largest absolute Gasteiger partial charge is 0.384 e. The maximum atomic E-state index is 12.6. The molecule has 0 aromatic carbocycles. The highest BCUT2D eigenvalue weighted by Crippen LogP contribution is 2.31. The summed E-state index contributed by atoms with van der Waals surface area (Å²) in [6.07, 6.45) is -3.19. The lowest BCUT2D eigenvalue weighted by Crippen LogP contribution is -2.06. The van der Waals surface area contributed by atoms with Gasteiger partial charge in [-0.05, 0) is 0 Å². The van der Waals surface area contributed by atoms with E-state index in [0.717, 1.165) is 0 Å². The zero-order valence-corrected chi connectivity index (χ0v) is 9.06. The number of halogens is 3. The zero-order chi connectivity index (χ0) is 12.5. The molecular formula is C7H4ClF2N3O2S. The van der Waals surface area contributed by atoms with Gasteiger partial charge in [-0.2, -0.15) is 5.26 Å². The van der Waals surface area contributed by atoms with Crippen molar-refractivity contribution in [3.8, 4) is 6.07 Å². The second-order valence-corrected chi connectivity index (χ2v) is 5.19. The topological polar surface area (TPSA) is 96.8 Å². The summed E-state index contributed by atoms with van der Waals surface area (Å²) >= 11 is 0. The second kappa shape index (κ2) is 4.19. The van der Waals surface area contributed by atoms with E-state index < -0.39 is 31.6 Å². The number of anilines is 1. The molecule has 1 rings (SSSR count). The number of rotatable bonds is 2. The monoisotopic (exact) mass is 267 g/mol. The van der Waals surface area contributed by atoms with Crippen molar-refractivity contribution in [3.63, 3.8) is 0 Å². The first-order valence-corrected chi connectivity index (χ1v) is 6.01. The number of pyridine rings is 1. The molecule has 0 spiro atoms. The molecule has 0 amide bonds. The van der Waals surface area contributed by atoms with Gasteiger partial charge in [0, 0.05) is 16.7 Å². The average molecular weight is 268 g/mol. The zero-order valence-electron chi connectivity index (χ0n) is 7.49. The van der Waals surface area contributed by atoms with Gasteiger partial charge >= 0.3 is 0 Å². The fraction of sp³-hybridized carbons (Fsp3) is 0.143. The molecule has 0 saturated carbocycles. The Morgan fingerprint density at radius 3 is 2.50 bits per heavy atom. The Morgan fingerprint density at radius 2 is 2.12 bits per heavy atom. The summed E-state index contributed by atoms with van der Waals surface area (Å²) in [5, 5.41) is 8.54. The summed E-state index contributed by atoms with van der Waals surface area (Å²) in [6.45, 7) is 0. The Kier molecular flexibility index (Phi) is 3.30. The average Bonchev–Trinajstić information content (AvgIpc) is 2.14. The summed E-state index contributed by atoms with van der Waals surface area (Å²) in [5.41, 5.74) is 3.38. The number of alkyl halides is 2. The number of nitrogens with zero attached hydrogens (tertiary/aromatic N) is 2. The van der Waals surface area contributed by atoms with Crippen LogP contribution in [0.2, 0.25) is 0 Å². The molecule has 0 bridgehead atoms. The molecule has 9 heteroatoms. The molecular weight excluding hydrogens is 264 g/mol. The summed E-state index contributed by atoms with van der Waals surface area (Å²) < 4.78 is 47.2. The van der Waals surface area contributed by atoms with E-state index in [2.05, 4.69) is 4.98 Å². The Bertz CT molecular complexity index is 568. The molecule has 0 fully saturated rings. The van der Waals surface area contributed by atoms with Gasteiger partial charge in [-0.1, -0.05) is 0 Å². The van der Waals surface area contributed by atoms with Crippen molar-refractivity contribution in [2.45, 2.75) is 11.3 Å². The third-order valence-corrected chi connectivity index (χ3v) is 2.99. The fourth-order valence-corrected chi connectivity index (χ4v) is 2.14. The molecule has 16 heavy (non-hydrogen) atoms. The molecule has 5 nitrogen and oxygen atoms in total. The Balaban J connectivity index is 3.73. The van der Waals surface area contributed by atoms with E-state index in [1.807, 2.05) is 0 Å². The third kappa shape index (κ3) is 2.37. The van der Waals surface area contributed by atoms with Crippen LogP contribution in [0.4, 0.5) is 14.6 Å². The van der Waals surface area contributed by atoms with E-state index >= 15 is 0 Å². The Labute approximate surface area is 93.9 Å². The van der Waals surface area contributed by atoms with E-state index in [1.54, 1.807) is 0 Å². The van der Waals surface area contributed by atoms with Gasteiger partial charge in [0.25, 0.3) is 15.5 Å². The highest BCUT2D eigenvalue weighted by atomic mass is 35.7. The first-order chi connectivity index (χ1) is 7.27. The van der Waals surface area contributed by atoms with Gasteiger partial charge in [-0.3, -0.25) is 0 Å². The molecule has 0 saturated heterocycles. The van der Waals surface area contributed by atoms with Crippen molar-refractivity contribution in [1.82, 2.24) is 4.98 Å². The van der Waals surface area contributed by atoms with Crippen molar-refractivity contribution in [1.29, 1.82) is 5.26 Å². The number of nitriles is 1. The van der Waals surface area contributed by atoms with Crippen LogP contribution in [0, 0.1) is 11.3 Å². The Morgan fingerprint density at radius 1 is 1.56 bits per heavy atom. The predicted molar refractivity (Wildman–Crippen MR) is 51.4 cm³/mol. The summed E-state index contributed by atoms with van der Waals surface area (Å²) in [6, 6.07) is 2.02. The molecule has 1 aromatic heterocycles. The molecule has 1 heterocycles. The van der Waals surface area contributed by atoms with Gasteiger partial charge < -0.3 is 5.73 Å². The lowest BCUT2D eigenvalue weighted by atomic mass is 10.2. The molecule has 0 aliphatic carbocycles. The third-order valence-electron chi connectivity index (χ3n) is 1.63. The van der Waals surface area contributed by atoms with Gasteiger partial charge in [0.15, 0.2) is 5.69 Å². The highest BCUT2D eigenvalue weighted by Gasteiger charge is 2.27. The number of nitrogen functional groups attached to an aromatic ring is 1. The van der Waals surface area contributed by atoms with Crippen LogP contribution in [-0.4, -0.2) is 13.4 Å². The van der Waals surface area contributed by atoms with E-state index in [-0.39, 0.29) is 5.82 Å². The van der Waals surface area contributed by atoms with Gasteiger partial charge in [0.1, 0.15) is 11.9 Å². The van der Waals surface area contributed by atoms with Crippen LogP contribution in [0.25, 0.3) is 0 Å². The van der Waals surface area contributed by atoms with Crippen LogP contribution in [0.1, 0.15) is 17.7 Å². The molecule has 0 radical (unpaired) electrons. The van der Waals surface area contributed by atoms with Crippen LogP contribution >= 0.6 is 10.7 Å². The second-order valence-electron chi connectivity index (χ2n) is 2.66. The molecule has 0 aliphatic heterocycles. The molecule has 2 N–H and O–H groups in total. The van der Waals surface area contributed by atoms with Crippen molar-refractivity contribution in [2.75, 3.05) is 5.73 Å². The van der Waals surface area contributed by atoms with E-state index in [9.17, 15) is 17.2 Å². The molecule has 0 aliphatic rings. The van der Waals surface area contributed by atoms with Gasteiger partial charge in [0.2, 0.25) is 0 Å². The SMILES string of the molecule is N#Cc1nc(N)cc(S(=O)(=O)Cl)c1C(F)F. The van der Waals surface area contributed by atoms with Gasteiger partial charge in [-0.25, -0.2) is 22.2 Å². The maximum Gasteiger partial charge on any atom is 0.267 e. The van der Waals surface area contributed by atoms with Crippen molar-refractivity contribution in [2.24, 2.45) is 0 Å².